The van der Waals surface area contributed by atoms with Crippen molar-refractivity contribution in [3.05, 3.63) is 18.1 Å². The van der Waals surface area contributed by atoms with Crippen molar-refractivity contribution in [3.8, 4) is 0 Å². The summed E-state index contributed by atoms with van der Waals surface area (Å²) in [7, 11) is 5.06. The van der Waals surface area contributed by atoms with Crippen LogP contribution in [0.2, 0.25) is 0 Å². The predicted molar refractivity (Wildman–Crippen MR) is 65.0 cm³/mol. The lowest BCUT2D eigenvalue weighted by Gasteiger charge is -2.23. The molecule has 0 fully saturated rings. The van der Waals surface area contributed by atoms with E-state index in [2.05, 4.69) is 15.3 Å². The number of likely N-dealkylation sites (N-methyl/N-ethyl adjacent to an activating group) is 1. The molecule has 6 heteroatoms. The van der Waals surface area contributed by atoms with E-state index in [-0.39, 0.29) is 11.9 Å². The minimum Gasteiger partial charge on any atom is -0.383 e. The molecule has 0 aliphatic heterocycles. The van der Waals surface area contributed by atoms with Crippen LogP contribution in [-0.4, -0.2) is 54.6 Å². The zero-order valence-electron chi connectivity index (χ0n) is 10.6. The Bertz CT molecular complexity index is 383. The first-order chi connectivity index (χ1) is 8.10. The van der Waals surface area contributed by atoms with Crippen molar-refractivity contribution >= 4 is 11.7 Å². The Balaban J connectivity index is 2.80. The lowest BCUT2D eigenvalue weighted by atomic mass is 10.3. The summed E-state index contributed by atoms with van der Waals surface area (Å²) >= 11 is 0. The van der Waals surface area contributed by atoms with Gasteiger partial charge in [0.05, 0.1) is 25.0 Å². The van der Waals surface area contributed by atoms with Crippen LogP contribution in [0.3, 0.4) is 0 Å². The fourth-order valence-electron chi connectivity index (χ4n) is 1.32. The van der Waals surface area contributed by atoms with E-state index in [0.717, 1.165) is 0 Å². The molecule has 0 saturated heterocycles. The zero-order chi connectivity index (χ0) is 12.8. The number of carbonyl (C=O) groups excluding carboxylic acids is 1. The van der Waals surface area contributed by atoms with Gasteiger partial charge in [-0.1, -0.05) is 0 Å². The molecule has 1 aromatic rings. The van der Waals surface area contributed by atoms with Gasteiger partial charge < -0.3 is 15.0 Å². The minimum absolute atomic E-state index is 0.00691. The molecule has 17 heavy (non-hydrogen) atoms. The van der Waals surface area contributed by atoms with Crippen molar-refractivity contribution in [2.45, 2.75) is 13.0 Å². The van der Waals surface area contributed by atoms with Crippen LogP contribution in [0.5, 0.6) is 0 Å². The second-order valence-corrected chi connectivity index (χ2v) is 3.76. The van der Waals surface area contributed by atoms with Crippen LogP contribution in [0.1, 0.15) is 17.4 Å². The summed E-state index contributed by atoms with van der Waals surface area (Å²) in [4.78, 5) is 21.8. The molecule has 1 atom stereocenters. The summed E-state index contributed by atoms with van der Waals surface area (Å²) in [6.45, 7) is 2.40. The third kappa shape index (κ3) is 3.39. The Morgan fingerprint density at radius 3 is 2.88 bits per heavy atom. The average molecular weight is 238 g/mol. The molecule has 1 N–H and O–H groups in total. The van der Waals surface area contributed by atoms with E-state index in [4.69, 9.17) is 4.74 Å². The Kier molecular flexibility index (Phi) is 4.84. The van der Waals surface area contributed by atoms with E-state index < -0.39 is 0 Å². The van der Waals surface area contributed by atoms with Gasteiger partial charge in [-0.25, -0.2) is 4.98 Å². The van der Waals surface area contributed by atoms with E-state index in [1.807, 2.05) is 6.92 Å². The van der Waals surface area contributed by atoms with Crippen LogP contribution in [0, 0.1) is 0 Å². The lowest BCUT2D eigenvalue weighted by molar-refractivity contribution is 0.0627. The highest BCUT2D eigenvalue weighted by atomic mass is 16.5. The van der Waals surface area contributed by atoms with Crippen molar-refractivity contribution in [2.75, 3.05) is 33.1 Å². The number of nitrogens with one attached hydrogen (secondary N) is 1. The fraction of sp³-hybridized carbons (Fsp3) is 0.545. The van der Waals surface area contributed by atoms with Gasteiger partial charge in [-0.05, 0) is 6.92 Å². The molecule has 1 unspecified atom stereocenters. The highest BCUT2D eigenvalue weighted by Crippen LogP contribution is 2.06. The van der Waals surface area contributed by atoms with Crippen molar-refractivity contribution in [1.29, 1.82) is 0 Å². The van der Waals surface area contributed by atoms with Gasteiger partial charge in [0, 0.05) is 21.2 Å². The maximum atomic E-state index is 12.1. The summed E-state index contributed by atoms with van der Waals surface area (Å²) in [5.74, 6) is 0.405. The predicted octanol–water partition coefficient (Wildman–Crippen LogP) is 0.625. The SMILES string of the molecule is CNc1cncc(C(=O)N(C)C(C)COC)n1. The molecular weight excluding hydrogens is 220 g/mol. The smallest absolute Gasteiger partial charge is 0.274 e. The number of anilines is 1. The molecule has 0 spiro atoms. The van der Waals surface area contributed by atoms with Crippen LogP contribution in [0.15, 0.2) is 12.4 Å². The number of hydrogen-bond acceptors (Lipinski definition) is 5. The summed E-state index contributed by atoms with van der Waals surface area (Å²) < 4.78 is 5.01. The molecule has 94 valence electrons. The van der Waals surface area contributed by atoms with E-state index in [1.165, 1.54) is 6.20 Å². The topological polar surface area (TPSA) is 67.4 Å². The molecule has 1 aromatic heterocycles. The van der Waals surface area contributed by atoms with Gasteiger partial charge in [0.25, 0.3) is 5.91 Å². The lowest BCUT2D eigenvalue weighted by Crippen LogP contribution is -2.38. The summed E-state index contributed by atoms with van der Waals surface area (Å²) in [5, 5.41) is 2.85. The second kappa shape index (κ2) is 6.15. The summed E-state index contributed by atoms with van der Waals surface area (Å²) in [6.07, 6.45) is 3.02. The molecule has 0 radical (unpaired) electrons. The number of carbonyl (C=O) groups is 1. The van der Waals surface area contributed by atoms with Crippen LogP contribution in [-0.2, 0) is 4.74 Å². The molecular formula is C11H18N4O2. The van der Waals surface area contributed by atoms with Crippen molar-refractivity contribution in [2.24, 2.45) is 0 Å². The van der Waals surface area contributed by atoms with Crippen LogP contribution < -0.4 is 5.32 Å². The summed E-state index contributed by atoms with van der Waals surface area (Å²) in [5.41, 5.74) is 0.322. The van der Waals surface area contributed by atoms with Crippen molar-refractivity contribution in [1.82, 2.24) is 14.9 Å². The van der Waals surface area contributed by atoms with E-state index >= 15 is 0 Å². The number of nitrogens with zero attached hydrogens (tertiary/aromatic N) is 3. The largest absolute Gasteiger partial charge is 0.383 e. The number of rotatable bonds is 5. The van der Waals surface area contributed by atoms with E-state index in [0.29, 0.717) is 18.1 Å². The van der Waals surface area contributed by atoms with Crippen LogP contribution >= 0.6 is 0 Å². The maximum absolute atomic E-state index is 12.1. The quantitative estimate of drug-likeness (QED) is 0.814. The van der Waals surface area contributed by atoms with Crippen molar-refractivity contribution < 1.29 is 9.53 Å². The molecule has 0 aromatic carbocycles. The molecule has 0 aliphatic carbocycles. The van der Waals surface area contributed by atoms with Gasteiger partial charge >= 0.3 is 0 Å². The van der Waals surface area contributed by atoms with E-state index in [9.17, 15) is 4.79 Å². The minimum atomic E-state index is -0.167. The average Bonchev–Trinajstić information content (AvgIpc) is 2.37. The number of aromatic nitrogens is 2. The number of ether oxygens (including phenoxy) is 1. The molecule has 0 saturated carbocycles. The molecule has 6 nitrogen and oxygen atoms in total. The number of amides is 1. The number of hydrogen-bond donors (Lipinski definition) is 1. The maximum Gasteiger partial charge on any atom is 0.274 e. The van der Waals surface area contributed by atoms with Gasteiger partial charge in [-0.15, -0.1) is 0 Å². The second-order valence-electron chi connectivity index (χ2n) is 3.76. The Hall–Kier alpha value is -1.69. The molecule has 1 rings (SSSR count). The first-order valence-corrected chi connectivity index (χ1v) is 5.36. The fourth-order valence-corrected chi connectivity index (χ4v) is 1.32. The highest BCUT2D eigenvalue weighted by molar-refractivity contribution is 5.92. The molecule has 1 heterocycles. The van der Waals surface area contributed by atoms with Gasteiger partial charge in [0.1, 0.15) is 11.5 Å². The van der Waals surface area contributed by atoms with Crippen LogP contribution in [0.4, 0.5) is 5.82 Å². The third-order valence-electron chi connectivity index (χ3n) is 2.50. The summed E-state index contributed by atoms with van der Waals surface area (Å²) in [6, 6.07) is -0.00691. The van der Waals surface area contributed by atoms with Gasteiger partial charge in [0.15, 0.2) is 0 Å². The van der Waals surface area contributed by atoms with E-state index in [1.54, 1.807) is 32.3 Å². The standard InChI is InChI=1S/C11H18N4O2/c1-8(7-17-4)15(3)11(16)9-5-13-6-10(12-2)14-9/h5-6,8H,7H2,1-4H3,(H,12,14). The Morgan fingerprint density at radius 1 is 1.59 bits per heavy atom. The highest BCUT2D eigenvalue weighted by Gasteiger charge is 2.18. The Morgan fingerprint density at radius 2 is 2.29 bits per heavy atom. The molecule has 0 bridgehead atoms. The zero-order valence-corrected chi connectivity index (χ0v) is 10.6. The molecule has 1 amide bonds. The third-order valence-corrected chi connectivity index (χ3v) is 2.50. The number of methoxy groups -OCH3 is 1. The van der Waals surface area contributed by atoms with Crippen molar-refractivity contribution in [3.63, 3.8) is 0 Å². The van der Waals surface area contributed by atoms with Gasteiger partial charge in [-0.3, -0.25) is 9.78 Å². The first-order valence-electron chi connectivity index (χ1n) is 5.36. The normalized spacial score (nSPS) is 12.0. The monoisotopic (exact) mass is 238 g/mol. The van der Waals surface area contributed by atoms with Gasteiger partial charge in [0.2, 0.25) is 0 Å². The Labute approximate surface area is 101 Å². The molecule has 0 aliphatic rings. The van der Waals surface area contributed by atoms with Crippen LogP contribution in [0.25, 0.3) is 0 Å². The first kappa shape index (κ1) is 13.4. The van der Waals surface area contributed by atoms with Gasteiger partial charge in [-0.2, -0.15) is 0 Å².